The van der Waals surface area contributed by atoms with Crippen LogP contribution in [-0.4, -0.2) is 15.9 Å². The van der Waals surface area contributed by atoms with Crippen LogP contribution in [0.3, 0.4) is 0 Å². The Bertz CT molecular complexity index is 805. The van der Waals surface area contributed by atoms with Crippen molar-refractivity contribution in [3.05, 3.63) is 58.4 Å². The number of hydrogen-bond donors (Lipinski definition) is 1. The van der Waals surface area contributed by atoms with Crippen molar-refractivity contribution in [2.75, 3.05) is 6.54 Å². The van der Waals surface area contributed by atoms with E-state index in [-0.39, 0.29) is 0 Å². The third kappa shape index (κ3) is 2.33. The minimum absolute atomic E-state index is 0.582. The van der Waals surface area contributed by atoms with Gasteiger partial charge in [0.25, 0.3) is 0 Å². The standard InChI is InChI=1S/C17H18ClN3/c1-11-5-3-6-13(12(11)2)16-15(8-9-19)21-10-4-7-14(18)17(21)20-16/h3-7,10H,8-9,19H2,1-2H3. The molecule has 0 radical (unpaired) electrons. The van der Waals surface area contributed by atoms with Gasteiger partial charge in [-0.1, -0.05) is 29.8 Å². The number of benzene rings is 1. The van der Waals surface area contributed by atoms with Crippen LogP contribution in [0.15, 0.2) is 36.5 Å². The molecule has 0 unspecified atom stereocenters. The molecule has 2 aromatic heterocycles. The summed E-state index contributed by atoms with van der Waals surface area (Å²) in [6, 6.07) is 10.1. The molecule has 2 N–H and O–H groups in total. The van der Waals surface area contributed by atoms with Gasteiger partial charge in [-0.05, 0) is 43.7 Å². The Morgan fingerprint density at radius 3 is 2.76 bits per heavy atom. The van der Waals surface area contributed by atoms with Gasteiger partial charge < -0.3 is 10.1 Å². The molecule has 0 fully saturated rings. The zero-order valence-electron chi connectivity index (χ0n) is 12.2. The molecule has 4 heteroatoms. The van der Waals surface area contributed by atoms with E-state index in [1.54, 1.807) is 0 Å². The molecule has 3 rings (SSSR count). The molecule has 0 saturated carbocycles. The molecule has 0 amide bonds. The minimum atomic E-state index is 0.582. The molecule has 0 spiro atoms. The van der Waals surface area contributed by atoms with E-state index in [0.29, 0.717) is 11.6 Å². The number of pyridine rings is 1. The van der Waals surface area contributed by atoms with Gasteiger partial charge in [0.15, 0.2) is 5.65 Å². The molecule has 0 atom stereocenters. The minimum Gasteiger partial charge on any atom is -0.330 e. The fraction of sp³-hybridized carbons (Fsp3) is 0.235. The Hall–Kier alpha value is -1.84. The maximum Gasteiger partial charge on any atom is 0.156 e. The smallest absolute Gasteiger partial charge is 0.156 e. The average molecular weight is 300 g/mol. The van der Waals surface area contributed by atoms with Gasteiger partial charge in [0.05, 0.1) is 16.4 Å². The van der Waals surface area contributed by atoms with Crippen LogP contribution in [0.5, 0.6) is 0 Å². The molecule has 2 heterocycles. The Labute approximate surface area is 129 Å². The first-order valence-electron chi connectivity index (χ1n) is 7.05. The molecule has 0 bridgehead atoms. The van der Waals surface area contributed by atoms with E-state index in [1.807, 2.05) is 22.7 Å². The van der Waals surface area contributed by atoms with E-state index in [0.717, 1.165) is 29.0 Å². The second kappa shape index (κ2) is 5.51. The fourth-order valence-electron chi connectivity index (χ4n) is 2.68. The third-order valence-electron chi connectivity index (χ3n) is 3.94. The SMILES string of the molecule is Cc1cccc(-c2nc3c(Cl)cccn3c2CCN)c1C. The van der Waals surface area contributed by atoms with Crippen molar-refractivity contribution in [1.82, 2.24) is 9.38 Å². The van der Waals surface area contributed by atoms with Gasteiger partial charge in [0, 0.05) is 18.2 Å². The number of imidazole rings is 1. The number of aryl methyl sites for hydroxylation is 1. The van der Waals surface area contributed by atoms with E-state index in [4.69, 9.17) is 22.3 Å². The average Bonchev–Trinajstić information content (AvgIpc) is 2.83. The van der Waals surface area contributed by atoms with Crippen LogP contribution in [0.4, 0.5) is 0 Å². The monoisotopic (exact) mass is 299 g/mol. The highest BCUT2D eigenvalue weighted by Crippen LogP contribution is 2.30. The third-order valence-corrected chi connectivity index (χ3v) is 4.24. The fourth-order valence-corrected chi connectivity index (χ4v) is 2.89. The first-order chi connectivity index (χ1) is 10.1. The Kier molecular flexibility index (Phi) is 3.70. The normalized spacial score (nSPS) is 11.2. The predicted molar refractivity (Wildman–Crippen MR) is 87.9 cm³/mol. The van der Waals surface area contributed by atoms with Crippen molar-refractivity contribution < 1.29 is 0 Å². The number of aromatic nitrogens is 2. The summed E-state index contributed by atoms with van der Waals surface area (Å²) in [6.45, 7) is 4.82. The van der Waals surface area contributed by atoms with E-state index < -0.39 is 0 Å². The maximum atomic E-state index is 6.29. The van der Waals surface area contributed by atoms with Crippen molar-refractivity contribution in [2.45, 2.75) is 20.3 Å². The summed E-state index contributed by atoms with van der Waals surface area (Å²) >= 11 is 6.29. The van der Waals surface area contributed by atoms with Gasteiger partial charge in [0.1, 0.15) is 0 Å². The van der Waals surface area contributed by atoms with E-state index in [1.165, 1.54) is 11.1 Å². The summed E-state index contributed by atoms with van der Waals surface area (Å²) in [5.74, 6) is 0. The molecule has 0 aliphatic carbocycles. The summed E-state index contributed by atoms with van der Waals surface area (Å²) in [5.41, 5.74) is 12.3. The summed E-state index contributed by atoms with van der Waals surface area (Å²) in [5, 5.41) is 0.660. The first kappa shape index (κ1) is 14.1. The highest BCUT2D eigenvalue weighted by Gasteiger charge is 2.16. The lowest BCUT2D eigenvalue weighted by Gasteiger charge is -2.08. The van der Waals surface area contributed by atoms with Gasteiger partial charge >= 0.3 is 0 Å². The lowest BCUT2D eigenvalue weighted by Crippen LogP contribution is -2.06. The van der Waals surface area contributed by atoms with E-state index in [2.05, 4.69) is 32.0 Å². The summed E-state index contributed by atoms with van der Waals surface area (Å²) in [6.07, 6.45) is 2.76. The summed E-state index contributed by atoms with van der Waals surface area (Å²) in [7, 11) is 0. The number of halogens is 1. The molecule has 3 nitrogen and oxygen atoms in total. The molecule has 0 aliphatic rings. The number of hydrogen-bond acceptors (Lipinski definition) is 2. The number of nitrogens with two attached hydrogens (primary N) is 1. The summed E-state index contributed by atoms with van der Waals surface area (Å²) < 4.78 is 2.05. The molecule has 0 saturated heterocycles. The maximum absolute atomic E-state index is 6.29. The Balaban J connectivity index is 2.33. The van der Waals surface area contributed by atoms with Gasteiger partial charge in [-0.3, -0.25) is 0 Å². The van der Waals surface area contributed by atoms with Crippen LogP contribution >= 0.6 is 11.6 Å². The Morgan fingerprint density at radius 2 is 2.00 bits per heavy atom. The largest absolute Gasteiger partial charge is 0.330 e. The lowest BCUT2D eigenvalue weighted by atomic mass is 9.99. The van der Waals surface area contributed by atoms with E-state index in [9.17, 15) is 0 Å². The Morgan fingerprint density at radius 1 is 1.19 bits per heavy atom. The topological polar surface area (TPSA) is 43.3 Å². The highest BCUT2D eigenvalue weighted by atomic mass is 35.5. The zero-order chi connectivity index (χ0) is 15.0. The van der Waals surface area contributed by atoms with Crippen molar-refractivity contribution >= 4 is 17.2 Å². The van der Waals surface area contributed by atoms with Gasteiger partial charge in [-0.25, -0.2) is 4.98 Å². The molecule has 1 aromatic carbocycles. The lowest BCUT2D eigenvalue weighted by molar-refractivity contribution is 0.907. The van der Waals surface area contributed by atoms with Gasteiger partial charge in [0.2, 0.25) is 0 Å². The molecular weight excluding hydrogens is 282 g/mol. The van der Waals surface area contributed by atoms with Crippen LogP contribution in [0, 0.1) is 13.8 Å². The second-order valence-electron chi connectivity index (χ2n) is 5.24. The van der Waals surface area contributed by atoms with Crippen molar-refractivity contribution in [2.24, 2.45) is 5.73 Å². The van der Waals surface area contributed by atoms with Crippen molar-refractivity contribution in [3.8, 4) is 11.3 Å². The van der Waals surface area contributed by atoms with Crippen LogP contribution in [0.2, 0.25) is 5.02 Å². The molecule has 3 aromatic rings. The second-order valence-corrected chi connectivity index (χ2v) is 5.65. The number of nitrogens with zero attached hydrogens (tertiary/aromatic N) is 2. The quantitative estimate of drug-likeness (QED) is 0.800. The molecular formula is C17H18ClN3. The van der Waals surface area contributed by atoms with E-state index >= 15 is 0 Å². The van der Waals surface area contributed by atoms with Gasteiger partial charge in [-0.15, -0.1) is 0 Å². The highest BCUT2D eigenvalue weighted by molar-refractivity contribution is 6.33. The van der Waals surface area contributed by atoms with Crippen molar-refractivity contribution in [3.63, 3.8) is 0 Å². The zero-order valence-corrected chi connectivity index (χ0v) is 13.0. The number of rotatable bonds is 3. The first-order valence-corrected chi connectivity index (χ1v) is 7.43. The summed E-state index contributed by atoms with van der Waals surface area (Å²) in [4.78, 5) is 4.78. The van der Waals surface area contributed by atoms with Crippen LogP contribution < -0.4 is 5.73 Å². The van der Waals surface area contributed by atoms with Crippen molar-refractivity contribution in [1.29, 1.82) is 0 Å². The van der Waals surface area contributed by atoms with Crippen LogP contribution in [0.25, 0.3) is 16.9 Å². The van der Waals surface area contributed by atoms with Gasteiger partial charge in [-0.2, -0.15) is 0 Å². The molecule has 21 heavy (non-hydrogen) atoms. The van der Waals surface area contributed by atoms with Crippen LogP contribution in [0.1, 0.15) is 16.8 Å². The number of fused-ring (bicyclic) bond motifs is 1. The predicted octanol–water partition coefficient (Wildman–Crippen LogP) is 3.77. The van der Waals surface area contributed by atoms with Crippen LogP contribution in [-0.2, 0) is 6.42 Å². The molecule has 108 valence electrons. The molecule has 0 aliphatic heterocycles.